The highest BCUT2D eigenvalue weighted by Gasteiger charge is 2.27. The lowest BCUT2D eigenvalue weighted by atomic mass is 9.97. The van der Waals surface area contributed by atoms with Crippen LogP contribution in [0.5, 0.6) is 0 Å². The molecule has 0 spiro atoms. The Labute approximate surface area is 182 Å². The monoisotopic (exact) mass is 422 g/mol. The number of carbonyl (C=O) groups is 1. The van der Waals surface area contributed by atoms with Crippen molar-refractivity contribution in [3.05, 3.63) is 69.0 Å². The zero-order chi connectivity index (χ0) is 22.1. The van der Waals surface area contributed by atoms with E-state index in [1.54, 1.807) is 6.07 Å². The Hall–Kier alpha value is -2.86. The van der Waals surface area contributed by atoms with Crippen molar-refractivity contribution in [1.82, 2.24) is 10.2 Å². The maximum absolute atomic E-state index is 12.9. The van der Waals surface area contributed by atoms with Crippen LogP contribution in [0.25, 0.3) is 11.0 Å². The smallest absolute Gasteiger partial charge is 0.287 e. The third-order valence-corrected chi connectivity index (χ3v) is 6.44. The first-order valence-corrected chi connectivity index (χ1v) is 11.0. The van der Waals surface area contributed by atoms with Crippen molar-refractivity contribution >= 4 is 16.9 Å². The fourth-order valence-electron chi connectivity index (χ4n) is 4.22. The molecule has 3 aromatic rings. The zero-order valence-electron chi connectivity index (χ0n) is 18.7. The van der Waals surface area contributed by atoms with Crippen LogP contribution in [0.1, 0.15) is 59.0 Å². The molecule has 0 bridgehead atoms. The minimum Gasteiger partial charge on any atom is -0.465 e. The number of nitrogens with zero attached hydrogens (tertiary/aromatic N) is 1. The van der Waals surface area contributed by atoms with E-state index in [2.05, 4.69) is 17.1 Å². The van der Waals surface area contributed by atoms with Gasteiger partial charge in [-0.1, -0.05) is 13.0 Å². The SMILES string of the molecule is Cc1ccc([C@H](CNC(=O)c2cc(=O)c3ccc(C)c(C)c3o2)N2CCC(C)CC2)o1. The van der Waals surface area contributed by atoms with Crippen LogP contribution in [-0.2, 0) is 0 Å². The van der Waals surface area contributed by atoms with Gasteiger partial charge in [0.2, 0.25) is 0 Å². The second kappa shape index (κ2) is 8.71. The Balaban J connectivity index is 1.56. The van der Waals surface area contributed by atoms with Crippen molar-refractivity contribution in [2.75, 3.05) is 19.6 Å². The van der Waals surface area contributed by atoms with Crippen molar-refractivity contribution in [3.63, 3.8) is 0 Å². The second-order valence-corrected chi connectivity index (χ2v) is 8.75. The lowest BCUT2D eigenvalue weighted by Gasteiger charge is -2.35. The van der Waals surface area contributed by atoms with E-state index in [-0.39, 0.29) is 17.2 Å². The van der Waals surface area contributed by atoms with Gasteiger partial charge in [0.15, 0.2) is 11.2 Å². The van der Waals surface area contributed by atoms with Gasteiger partial charge < -0.3 is 14.2 Å². The third kappa shape index (κ3) is 4.44. The molecule has 0 saturated carbocycles. The van der Waals surface area contributed by atoms with Crippen LogP contribution in [0.2, 0.25) is 0 Å². The molecule has 31 heavy (non-hydrogen) atoms. The lowest BCUT2D eigenvalue weighted by molar-refractivity contribution is 0.0870. The van der Waals surface area contributed by atoms with Crippen LogP contribution in [-0.4, -0.2) is 30.4 Å². The number of piperidine rings is 1. The highest BCUT2D eigenvalue weighted by Crippen LogP contribution is 2.28. The van der Waals surface area contributed by atoms with E-state index in [1.807, 2.05) is 39.0 Å². The van der Waals surface area contributed by atoms with Crippen molar-refractivity contribution in [2.24, 2.45) is 5.92 Å². The maximum Gasteiger partial charge on any atom is 0.287 e. The van der Waals surface area contributed by atoms with Crippen LogP contribution in [0.3, 0.4) is 0 Å². The second-order valence-electron chi connectivity index (χ2n) is 8.75. The Morgan fingerprint density at radius 3 is 2.55 bits per heavy atom. The highest BCUT2D eigenvalue weighted by molar-refractivity contribution is 5.93. The Morgan fingerprint density at radius 2 is 1.87 bits per heavy atom. The zero-order valence-corrected chi connectivity index (χ0v) is 18.7. The third-order valence-electron chi connectivity index (χ3n) is 6.44. The molecule has 1 aliphatic rings. The molecule has 6 nitrogen and oxygen atoms in total. The molecule has 1 aliphatic heterocycles. The Bertz CT molecular complexity index is 1150. The summed E-state index contributed by atoms with van der Waals surface area (Å²) in [5.41, 5.74) is 2.15. The number of likely N-dealkylation sites (tertiary alicyclic amines) is 1. The summed E-state index contributed by atoms with van der Waals surface area (Å²) in [5, 5.41) is 3.46. The number of aryl methyl sites for hydroxylation is 3. The number of hydrogen-bond acceptors (Lipinski definition) is 5. The predicted octanol–water partition coefficient (Wildman–Crippen LogP) is 4.51. The number of rotatable bonds is 5. The number of amides is 1. The molecule has 0 aliphatic carbocycles. The van der Waals surface area contributed by atoms with Gasteiger partial charge in [-0.25, -0.2) is 0 Å². The van der Waals surface area contributed by atoms with Crippen LogP contribution in [0.15, 0.2) is 44.0 Å². The molecule has 164 valence electrons. The normalized spacial score (nSPS) is 16.5. The number of benzene rings is 1. The summed E-state index contributed by atoms with van der Waals surface area (Å²) in [6.45, 7) is 10.4. The van der Waals surface area contributed by atoms with E-state index in [0.29, 0.717) is 23.4 Å². The minimum atomic E-state index is -0.390. The van der Waals surface area contributed by atoms with E-state index >= 15 is 0 Å². The van der Waals surface area contributed by atoms with E-state index in [1.165, 1.54) is 6.07 Å². The summed E-state index contributed by atoms with van der Waals surface area (Å²) in [4.78, 5) is 27.8. The van der Waals surface area contributed by atoms with Crippen molar-refractivity contribution < 1.29 is 13.6 Å². The van der Waals surface area contributed by atoms with Crippen LogP contribution in [0, 0.1) is 26.7 Å². The molecule has 1 aromatic carbocycles. The number of hydrogen-bond donors (Lipinski definition) is 1. The van der Waals surface area contributed by atoms with Gasteiger partial charge in [0.1, 0.15) is 17.1 Å². The van der Waals surface area contributed by atoms with Gasteiger partial charge in [0.25, 0.3) is 5.91 Å². The summed E-state index contributed by atoms with van der Waals surface area (Å²) < 4.78 is 11.8. The van der Waals surface area contributed by atoms with Gasteiger partial charge in [-0.15, -0.1) is 0 Å². The molecule has 3 heterocycles. The summed E-state index contributed by atoms with van der Waals surface area (Å²) in [5.74, 6) is 2.05. The lowest BCUT2D eigenvalue weighted by Crippen LogP contribution is -2.41. The van der Waals surface area contributed by atoms with E-state index < -0.39 is 5.91 Å². The average molecular weight is 423 g/mol. The quantitative estimate of drug-likeness (QED) is 0.655. The molecule has 0 radical (unpaired) electrons. The van der Waals surface area contributed by atoms with Crippen molar-refractivity contribution in [1.29, 1.82) is 0 Å². The van der Waals surface area contributed by atoms with Gasteiger partial charge in [0, 0.05) is 12.6 Å². The van der Waals surface area contributed by atoms with E-state index in [9.17, 15) is 9.59 Å². The van der Waals surface area contributed by atoms with Gasteiger partial charge in [-0.3, -0.25) is 14.5 Å². The largest absolute Gasteiger partial charge is 0.465 e. The molecule has 1 N–H and O–H groups in total. The Kier molecular flexibility index (Phi) is 6.01. The highest BCUT2D eigenvalue weighted by atomic mass is 16.3. The van der Waals surface area contributed by atoms with Gasteiger partial charge in [0.05, 0.1) is 11.4 Å². The average Bonchev–Trinajstić information content (AvgIpc) is 3.18. The van der Waals surface area contributed by atoms with Gasteiger partial charge in [-0.2, -0.15) is 0 Å². The summed E-state index contributed by atoms with van der Waals surface area (Å²) in [6, 6.07) is 8.79. The topological polar surface area (TPSA) is 75.7 Å². The first-order valence-electron chi connectivity index (χ1n) is 11.0. The number of carbonyl (C=O) groups excluding carboxylic acids is 1. The fourth-order valence-corrected chi connectivity index (χ4v) is 4.22. The Morgan fingerprint density at radius 1 is 1.13 bits per heavy atom. The van der Waals surface area contributed by atoms with Crippen LogP contribution in [0.4, 0.5) is 0 Å². The standard InChI is InChI=1S/C25H30N2O4/c1-15-9-11-27(12-10-15)20(22-8-6-17(3)30-22)14-26-25(29)23-13-21(28)19-7-5-16(2)18(4)24(19)31-23/h5-8,13,15,20H,9-12,14H2,1-4H3,(H,26,29)/t20-/m0/s1. The molecular weight excluding hydrogens is 392 g/mol. The number of furan rings is 1. The molecule has 1 amide bonds. The number of fused-ring (bicyclic) bond motifs is 1. The molecule has 0 unspecified atom stereocenters. The van der Waals surface area contributed by atoms with Crippen LogP contribution < -0.4 is 10.7 Å². The summed E-state index contributed by atoms with van der Waals surface area (Å²) in [7, 11) is 0. The molecular formula is C25H30N2O4. The molecule has 2 aromatic heterocycles. The predicted molar refractivity (Wildman–Crippen MR) is 120 cm³/mol. The molecule has 1 fully saturated rings. The molecule has 4 rings (SSSR count). The molecule has 6 heteroatoms. The number of nitrogens with one attached hydrogen (secondary N) is 1. The molecule has 1 saturated heterocycles. The summed E-state index contributed by atoms with van der Waals surface area (Å²) >= 11 is 0. The maximum atomic E-state index is 12.9. The minimum absolute atomic E-state index is 0.0350. The molecule has 1 atom stereocenters. The fraction of sp³-hybridized carbons (Fsp3) is 0.440. The van der Waals surface area contributed by atoms with Crippen LogP contribution >= 0.6 is 0 Å². The van der Waals surface area contributed by atoms with E-state index in [0.717, 1.165) is 48.6 Å². The van der Waals surface area contributed by atoms with Crippen molar-refractivity contribution in [3.8, 4) is 0 Å². The van der Waals surface area contributed by atoms with E-state index in [4.69, 9.17) is 8.83 Å². The van der Waals surface area contributed by atoms with Gasteiger partial charge >= 0.3 is 0 Å². The first kappa shape index (κ1) is 21.4. The van der Waals surface area contributed by atoms with Crippen molar-refractivity contribution in [2.45, 2.75) is 46.6 Å². The van der Waals surface area contributed by atoms with Gasteiger partial charge in [-0.05, 0) is 81.9 Å². The first-order chi connectivity index (χ1) is 14.8. The summed E-state index contributed by atoms with van der Waals surface area (Å²) in [6.07, 6.45) is 2.25.